The van der Waals surface area contributed by atoms with Crippen LogP contribution in [0.1, 0.15) is 29.9 Å². The number of hydrogen-bond acceptors (Lipinski definition) is 2. The maximum absolute atomic E-state index is 5.64. The molecule has 0 bridgehead atoms. The normalized spacial score (nSPS) is 22.7. The van der Waals surface area contributed by atoms with Gasteiger partial charge in [0.05, 0.1) is 13.2 Å². The number of epoxide rings is 1. The van der Waals surface area contributed by atoms with Gasteiger partial charge < -0.3 is 9.47 Å². The molecular weight excluding hydrogens is 260 g/mol. The van der Waals surface area contributed by atoms with Crippen LogP contribution < -0.4 is 0 Å². The molecule has 1 aliphatic carbocycles. The molecule has 0 saturated carbocycles. The van der Waals surface area contributed by atoms with Crippen LogP contribution in [0.25, 0.3) is 16.8 Å². The molecule has 2 unspecified atom stereocenters. The standard InChI is InChI=1S/C19H20O2/c1-4-15-6-2-8-18-14(9-10-16(5-1)19(15)18)7-3-11-20-12-17-13-21-17/h1-2,4-6,8-10,14,17H,3,7,11-13H2. The first-order valence-electron chi connectivity index (χ1n) is 7.81. The quantitative estimate of drug-likeness (QED) is 0.586. The molecule has 1 saturated heterocycles. The Morgan fingerprint density at radius 1 is 1.14 bits per heavy atom. The maximum Gasteiger partial charge on any atom is 0.104 e. The molecule has 0 amide bonds. The van der Waals surface area contributed by atoms with E-state index in [1.807, 2.05) is 0 Å². The van der Waals surface area contributed by atoms with E-state index in [0.717, 1.165) is 32.7 Å². The zero-order chi connectivity index (χ0) is 14.1. The predicted molar refractivity (Wildman–Crippen MR) is 85.5 cm³/mol. The SMILES string of the molecule is C1=CC(CCCOCC2CO2)c2cccc3cccc1c23. The van der Waals surface area contributed by atoms with E-state index < -0.39 is 0 Å². The molecule has 1 fully saturated rings. The van der Waals surface area contributed by atoms with E-state index >= 15 is 0 Å². The maximum atomic E-state index is 5.64. The van der Waals surface area contributed by atoms with Crippen molar-refractivity contribution in [2.45, 2.75) is 24.9 Å². The van der Waals surface area contributed by atoms with Crippen molar-refractivity contribution in [3.05, 3.63) is 53.6 Å². The van der Waals surface area contributed by atoms with E-state index in [2.05, 4.69) is 48.6 Å². The largest absolute Gasteiger partial charge is 0.379 e. The molecule has 0 spiro atoms. The Balaban J connectivity index is 1.45. The van der Waals surface area contributed by atoms with Crippen molar-refractivity contribution in [1.82, 2.24) is 0 Å². The lowest BCUT2D eigenvalue weighted by molar-refractivity contribution is 0.113. The number of rotatable bonds is 6. The van der Waals surface area contributed by atoms with Crippen molar-refractivity contribution in [2.24, 2.45) is 0 Å². The second-order valence-electron chi connectivity index (χ2n) is 5.93. The Morgan fingerprint density at radius 2 is 2.00 bits per heavy atom. The van der Waals surface area contributed by atoms with Crippen molar-refractivity contribution in [1.29, 1.82) is 0 Å². The van der Waals surface area contributed by atoms with Gasteiger partial charge in [0.1, 0.15) is 6.10 Å². The zero-order valence-corrected chi connectivity index (χ0v) is 12.1. The van der Waals surface area contributed by atoms with E-state index in [-0.39, 0.29) is 0 Å². The highest BCUT2D eigenvalue weighted by atomic mass is 16.6. The van der Waals surface area contributed by atoms with E-state index in [1.54, 1.807) is 0 Å². The van der Waals surface area contributed by atoms with Crippen molar-refractivity contribution in [3.8, 4) is 0 Å². The Kier molecular flexibility index (Phi) is 3.50. The number of benzene rings is 2. The third-order valence-electron chi connectivity index (χ3n) is 4.39. The predicted octanol–water partition coefficient (Wildman–Crippen LogP) is 4.15. The lowest BCUT2D eigenvalue weighted by atomic mass is 9.84. The summed E-state index contributed by atoms with van der Waals surface area (Å²) in [7, 11) is 0. The molecule has 1 heterocycles. The minimum atomic E-state index is 0.375. The van der Waals surface area contributed by atoms with Gasteiger partial charge >= 0.3 is 0 Å². The third kappa shape index (κ3) is 2.74. The summed E-state index contributed by atoms with van der Waals surface area (Å²) in [6.07, 6.45) is 7.25. The van der Waals surface area contributed by atoms with Gasteiger partial charge in [0.15, 0.2) is 0 Å². The highest BCUT2D eigenvalue weighted by Crippen LogP contribution is 2.36. The summed E-state index contributed by atoms with van der Waals surface area (Å²) in [4.78, 5) is 0. The highest BCUT2D eigenvalue weighted by Gasteiger charge is 2.22. The smallest absolute Gasteiger partial charge is 0.104 e. The van der Waals surface area contributed by atoms with Gasteiger partial charge in [-0.05, 0) is 34.7 Å². The van der Waals surface area contributed by atoms with Gasteiger partial charge in [0, 0.05) is 12.5 Å². The van der Waals surface area contributed by atoms with E-state index in [9.17, 15) is 0 Å². The summed E-state index contributed by atoms with van der Waals surface area (Å²) in [6, 6.07) is 13.2. The molecule has 2 heteroatoms. The minimum Gasteiger partial charge on any atom is -0.379 e. The summed E-state index contributed by atoms with van der Waals surface area (Å²) in [6.45, 7) is 2.48. The van der Waals surface area contributed by atoms with Crippen LogP contribution >= 0.6 is 0 Å². The molecular formula is C19H20O2. The van der Waals surface area contributed by atoms with Crippen molar-refractivity contribution in [2.75, 3.05) is 19.8 Å². The van der Waals surface area contributed by atoms with Gasteiger partial charge in [-0.25, -0.2) is 0 Å². The molecule has 0 radical (unpaired) electrons. The number of ether oxygens (including phenoxy) is 2. The number of allylic oxidation sites excluding steroid dienone is 1. The van der Waals surface area contributed by atoms with Gasteiger partial charge in [-0.15, -0.1) is 0 Å². The van der Waals surface area contributed by atoms with Crippen LogP contribution in [0.2, 0.25) is 0 Å². The summed E-state index contributed by atoms with van der Waals surface area (Å²) >= 11 is 0. The molecule has 2 aromatic rings. The Morgan fingerprint density at radius 3 is 2.86 bits per heavy atom. The molecule has 1 aliphatic heterocycles. The van der Waals surface area contributed by atoms with E-state index in [0.29, 0.717) is 12.0 Å². The van der Waals surface area contributed by atoms with Gasteiger partial charge in [0.2, 0.25) is 0 Å². The molecule has 21 heavy (non-hydrogen) atoms. The van der Waals surface area contributed by atoms with Crippen molar-refractivity contribution < 1.29 is 9.47 Å². The average molecular weight is 280 g/mol. The van der Waals surface area contributed by atoms with Gasteiger partial charge in [0.25, 0.3) is 0 Å². The van der Waals surface area contributed by atoms with Crippen LogP contribution in [0.4, 0.5) is 0 Å². The molecule has 0 aromatic heterocycles. The Bertz CT molecular complexity index is 665. The van der Waals surface area contributed by atoms with Gasteiger partial charge in [-0.2, -0.15) is 0 Å². The van der Waals surface area contributed by atoms with Crippen LogP contribution in [0.15, 0.2) is 42.5 Å². The number of hydrogen-bond donors (Lipinski definition) is 0. The zero-order valence-electron chi connectivity index (χ0n) is 12.1. The molecule has 108 valence electrons. The lowest BCUT2D eigenvalue weighted by Crippen LogP contribution is -2.06. The average Bonchev–Trinajstić information content (AvgIpc) is 3.34. The lowest BCUT2D eigenvalue weighted by Gasteiger charge is -2.21. The van der Waals surface area contributed by atoms with Gasteiger partial charge in [-0.3, -0.25) is 0 Å². The van der Waals surface area contributed by atoms with Crippen LogP contribution in [0, 0.1) is 0 Å². The molecule has 2 aliphatic rings. The third-order valence-corrected chi connectivity index (χ3v) is 4.39. The first-order valence-corrected chi connectivity index (χ1v) is 7.81. The van der Waals surface area contributed by atoms with Crippen LogP contribution in [-0.2, 0) is 9.47 Å². The summed E-state index contributed by atoms with van der Waals surface area (Å²) in [5.74, 6) is 0.518. The molecule has 2 aromatic carbocycles. The van der Waals surface area contributed by atoms with Crippen molar-refractivity contribution in [3.63, 3.8) is 0 Å². The summed E-state index contributed by atoms with van der Waals surface area (Å²) in [5.41, 5.74) is 2.82. The van der Waals surface area contributed by atoms with Crippen LogP contribution in [0.5, 0.6) is 0 Å². The fourth-order valence-corrected chi connectivity index (χ4v) is 3.21. The Hall–Kier alpha value is -1.64. The second-order valence-corrected chi connectivity index (χ2v) is 5.93. The first kappa shape index (κ1) is 13.1. The van der Waals surface area contributed by atoms with Crippen molar-refractivity contribution >= 4 is 16.8 Å². The topological polar surface area (TPSA) is 21.8 Å². The van der Waals surface area contributed by atoms with Gasteiger partial charge in [-0.1, -0.05) is 48.6 Å². The summed E-state index contributed by atoms with van der Waals surface area (Å²) < 4.78 is 10.8. The summed E-state index contributed by atoms with van der Waals surface area (Å²) in [5, 5.41) is 2.78. The molecule has 2 atom stereocenters. The van der Waals surface area contributed by atoms with E-state index in [1.165, 1.54) is 21.9 Å². The van der Waals surface area contributed by atoms with Crippen LogP contribution in [0.3, 0.4) is 0 Å². The molecule has 2 nitrogen and oxygen atoms in total. The fraction of sp³-hybridized carbons (Fsp3) is 0.368. The fourth-order valence-electron chi connectivity index (χ4n) is 3.21. The molecule has 4 rings (SSSR count). The second kappa shape index (κ2) is 5.63. The monoisotopic (exact) mass is 280 g/mol. The van der Waals surface area contributed by atoms with E-state index in [4.69, 9.17) is 9.47 Å². The molecule has 0 N–H and O–H groups in total. The van der Waals surface area contributed by atoms with Crippen LogP contribution in [-0.4, -0.2) is 25.9 Å². The highest BCUT2D eigenvalue weighted by molar-refractivity contribution is 5.95. The first-order chi connectivity index (χ1) is 10.4. The Labute approximate surface area is 125 Å². The minimum absolute atomic E-state index is 0.375.